The monoisotopic (exact) mass is 448 g/mol. The van der Waals surface area contributed by atoms with Gasteiger partial charge in [-0.15, -0.1) is 0 Å². The third-order valence-electron chi connectivity index (χ3n) is 6.67. The van der Waals surface area contributed by atoms with Gasteiger partial charge in [-0.25, -0.2) is 9.97 Å². The summed E-state index contributed by atoms with van der Waals surface area (Å²) in [5.41, 5.74) is 12.5. The van der Waals surface area contributed by atoms with E-state index in [-0.39, 0.29) is 18.7 Å². The highest BCUT2D eigenvalue weighted by Crippen LogP contribution is 2.39. The van der Waals surface area contributed by atoms with Gasteiger partial charge in [0.25, 0.3) is 0 Å². The predicted molar refractivity (Wildman–Crippen MR) is 138 cm³/mol. The van der Waals surface area contributed by atoms with Crippen LogP contribution in [0.2, 0.25) is 0 Å². The van der Waals surface area contributed by atoms with E-state index in [4.69, 9.17) is 15.7 Å². The molecule has 1 aliphatic carbocycles. The Morgan fingerprint density at radius 1 is 0.794 bits per heavy atom. The van der Waals surface area contributed by atoms with Crippen molar-refractivity contribution >= 4 is 11.2 Å². The fraction of sp³-hybridized carbons (Fsp3) is 0.172. The molecule has 6 rings (SSSR count). The molecule has 0 amide bonds. The van der Waals surface area contributed by atoms with Crippen molar-refractivity contribution in [2.45, 2.75) is 32.2 Å². The number of hydrogen-bond donors (Lipinski definition) is 2. The Morgan fingerprint density at radius 3 is 2.18 bits per heavy atom. The van der Waals surface area contributed by atoms with Gasteiger partial charge < -0.3 is 10.8 Å². The van der Waals surface area contributed by atoms with Gasteiger partial charge in [-0.3, -0.25) is 4.57 Å². The van der Waals surface area contributed by atoms with Crippen molar-refractivity contribution in [2.24, 2.45) is 5.73 Å². The number of para-hydroxylation sites is 1. The van der Waals surface area contributed by atoms with Crippen molar-refractivity contribution in [1.82, 2.24) is 14.5 Å². The summed E-state index contributed by atoms with van der Waals surface area (Å²) in [5, 5.41) is 10.6. The second-order valence-corrected chi connectivity index (χ2v) is 8.75. The molecule has 5 aromatic rings. The Labute approximate surface area is 199 Å². The molecule has 0 saturated heterocycles. The summed E-state index contributed by atoms with van der Waals surface area (Å²) >= 11 is 0. The lowest BCUT2D eigenvalue weighted by atomic mass is 9.73. The smallest absolute Gasteiger partial charge is 0.165 e. The van der Waals surface area contributed by atoms with Crippen LogP contribution < -0.4 is 5.73 Å². The number of rotatable bonds is 4. The molecule has 2 heterocycles. The van der Waals surface area contributed by atoms with Crippen LogP contribution in [0.25, 0.3) is 39.5 Å². The SMILES string of the molecule is C.NC1(c2ccc(-n3c(-c4ccccc4O)nc4ccc(-c5ccccc5)nc43)cc2)CCC1. The van der Waals surface area contributed by atoms with Gasteiger partial charge in [0.2, 0.25) is 0 Å². The van der Waals surface area contributed by atoms with Gasteiger partial charge in [-0.2, -0.15) is 0 Å². The lowest BCUT2D eigenvalue weighted by Gasteiger charge is -2.38. The van der Waals surface area contributed by atoms with Crippen LogP contribution in [-0.2, 0) is 5.54 Å². The molecule has 0 unspecified atom stereocenters. The van der Waals surface area contributed by atoms with Crippen molar-refractivity contribution in [3.05, 3.63) is 96.6 Å². The van der Waals surface area contributed by atoms with Crippen LogP contribution in [0.5, 0.6) is 5.75 Å². The molecule has 3 N–H and O–H groups in total. The predicted octanol–water partition coefficient (Wildman–Crippen LogP) is 6.43. The summed E-state index contributed by atoms with van der Waals surface area (Å²) in [6, 6.07) is 29.7. The molecule has 1 aliphatic rings. The minimum atomic E-state index is -0.213. The Bertz CT molecular complexity index is 1450. The topological polar surface area (TPSA) is 77.0 Å². The summed E-state index contributed by atoms with van der Waals surface area (Å²) in [4.78, 5) is 9.86. The molecule has 1 saturated carbocycles. The molecular weight excluding hydrogens is 420 g/mol. The number of benzene rings is 3. The van der Waals surface area contributed by atoms with Crippen LogP contribution >= 0.6 is 0 Å². The minimum absolute atomic E-state index is 0. The fourth-order valence-electron chi connectivity index (χ4n) is 4.60. The van der Waals surface area contributed by atoms with E-state index < -0.39 is 0 Å². The van der Waals surface area contributed by atoms with E-state index in [9.17, 15) is 5.11 Å². The Morgan fingerprint density at radius 2 is 1.50 bits per heavy atom. The first-order valence-corrected chi connectivity index (χ1v) is 11.3. The standard InChI is InChI=1S/C28H24N4O.CH4/c29-28(17-6-18-28)20-11-13-21(14-12-20)32-26(22-9-4-5-10-25(22)33)31-24-16-15-23(30-27(24)32)19-7-2-1-3-8-19;/h1-5,7-16,33H,6,17-18,29H2;1H4. The molecule has 2 aromatic heterocycles. The molecule has 170 valence electrons. The lowest BCUT2D eigenvalue weighted by Crippen LogP contribution is -2.43. The van der Waals surface area contributed by atoms with Crippen molar-refractivity contribution in [1.29, 1.82) is 0 Å². The van der Waals surface area contributed by atoms with E-state index in [1.807, 2.05) is 65.2 Å². The molecular formula is C29H28N4O. The maximum absolute atomic E-state index is 10.6. The molecule has 0 bridgehead atoms. The zero-order valence-electron chi connectivity index (χ0n) is 18.1. The molecule has 0 radical (unpaired) electrons. The molecule has 5 heteroatoms. The maximum atomic E-state index is 10.6. The van der Waals surface area contributed by atoms with Gasteiger partial charge in [-0.1, -0.05) is 62.0 Å². The number of aromatic hydroxyl groups is 1. The first-order chi connectivity index (χ1) is 16.1. The molecule has 0 spiro atoms. The van der Waals surface area contributed by atoms with Crippen molar-refractivity contribution in [3.8, 4) is 34.1 Å². The normalized spacial score (nSPS) is 14.4. The van der Waals surface area contributed by atoms with Crippen LogP contribution in [0.15, 0.2) is 91.0 Å². The van der Waals surface area contributed by atoms with E-state index in [1.54, 1.807) is 6.07 Å². The number of phenols is 1. The first kappa shape index (κ1) is 21.9. The quantitative estimate of drug-likeness (QED) is 0.332. The largest absolute Gasteiger partial charge is 0.507 e. The number of imidazole rings is 1. The van der Waals surface area contributed by atoms with Crippen LogP contribution in [0.3, 0.4) is 0 Å². The van der Waals surface area contributed by atoms with E-state index in [0.717, 1.165) is 46.5 Å². The number of hydrogen-bond acceptors (Lipinski definition) is 4. The molecule has 0 atom stereocenters. The van der Waals surface area contributed by atoms with Crippen molar-refractivity contribution in [3.63, 3.8) is 0 Å². The highest BCUT2D eigenvalue weighted by molar-refractivity contribution is 5.83. The number of pyridine rings is 1. The molecule has 1 fully saturated rings. The van der Waals surface area contributed by atoms with Crippen molar-refractivity contribution in [2.75, 3.05) is 0 Å². The molecule has 5 nitrogen and oxygen atoms in total. The fourth-order valence-corrected chi connectivity index (χ4v) is 4.60. The average molecular weight is 449 g/mol. The van der Waals surface area contributed by atoms with Gasteiger partial charge >= 0.3 is 0 Å². The summed E-state index contributed by atoms with van der Waals surface area (Å²) < 4.78 is 2.02. The Hall–Kier alpha value is -3.96. The van der Waals surface area contributed by atoms with Gasteiger partial charge in [0.15, 0.2) is 11.5 Å². The molecule has 34 heavy (non-hydrogen) atoms. The molecule has 3 aromatic carbocycles. The first-order valence-electron chi connectivity index (χ1n) is 11.3. The van der Waals surface area contributed by atoms with E-state index in [2.05, 4.69) is 24.3 Å². The third kappa shape index (κ3) is 3.55. The number of phenolic OH excluding ortho intramolecular Hbond substituents is 1. The number of fused-ring (bicyclic) bond motifs is 1. The zero-order chi connectivity index (χ0) is 22.4. The second kappa shape index (κ2) is 8.43. The zero-order valence-corrected chi connectivity index (χ0v) is 18.1. The van der Waals surface area contributed by atoms with Gasteiger partial charge in [0.1, 0.15) is 11.3 Å². The average Bonchev–Trinajstić information content (AvgIpc) is 3.22. The van der Waals surface area contributed by atoms with E-state index >= 15 is 0 Å². The summed E-state index contributed by atoms with van der Waals surface area (Å²) in [5.74, 6) is 0.837. The number of nitrogens with zero attached hydrogens (tertiary/aromatic N) is 3. The van der Waals surface area contributed by atoms with Crippen LogP contribution in [-0.4, -0.2) is 19.6 Å². The van der Waals surface area contributed by atoms with E-state index in [1.165, 1.54) is 6.42 Å². The Kier molecular flexibility index (Phi) is 5.42. The minimum Gasteiger partial charge on any atom is -0.507 e. The highest BCUT2D eigenvalue weighted by Gasteiger charge is 2.34. The van der Waals surface area contributed by atoms with Gasteiger partial charge in [-0.05, 0) is 61.2 Å². The number of aromatic nitrogens is 3. The van der Waals surface area contributed by atoms with Crippen LogP contribution in [0, 0.1) is 0 Å². The third-order valence-corrected chi connectivity index (χ3v) is 6.67. The second-order valence-electron chi connectivity index (χ2n) is 8.75. The summed E-state index contributed by atoms with van der Waals surface area (Å²) in [7, 11) is 0. The summed E-state index contributed by atoms with van der Waals surface area (Å²) in [6.07, 6.45) is 3.21. The van der Waals surface area contributed by atoms with Crippen molar-refractivity contribution < 1.29 is 5.11 Å². The highest BCUT2D eigenvalue weighted by atomic mass is 16.3. The van der Waals surface area contributed by atoms with Gasteiger partial charge in [0, 0.05) is 16.8 Å². The molecule has 0 aliphatic heterocycles. The summed E-state index contributed by atoms with van der Waals surface area (Å²) in [6.45, 7) is 0. The maximum Gasteiger partial charge on any atom is 0.165 e. The number of nitrogens with two attached hydrogens (primary N) is 1. The Balaban J connectivity index is 0.00000241. The van der Waals surface area contributed by atoms with E-state index in [0.29, 0.717) is 11.4 Å². The lowest BCUT2D eigenvalue weighted by molar-refractivity contribution is 0.253. The van der Waals surface area contributed by atoms with Crippen LogP contribution in [0.1, 0.15) is 32.3 Å². The van der Waals surface area contributed by atoms with Crippen LogP contribution in [0.4, 0.5) is 0 Å². The van der Waals surface area contributed by atoms with Gasteiger partial charge in [0.05, 0.1) is 11.3 Å².